The average molecular weight is 235 g/mol. The number of hydrogen-bond acceptors (Lipinski definition) is 4. The average Bonchev–Trinajstić information content (AvgIpc) is 2.26. The van der Waals surface area contributed by atoms with Gasteiger partial charge in [-0.2, -0.15) is 0 Å². The molecule has 1 heterocycles. The first-order chi connectivity index (χ1) is 7.93. The summed E-state index contributed by atoms with van der Waals surface area (Å²) in [6.07, 6.45) is -0.715. The summed E-state index contributed by atoms with van der Waals surface area (Å²) in [5.74, 6) is -0.0236. The van der Waals surface area contributed by atoms with Crippen LogP contribution in [0.1, 0.15) is 13.1 Å². The first-order valence-corrected chi connectivity index (χ1v) is 5.13. The predicted molar refractivity (Wildman–Crippen MR) is 64.0 cm³/mol. The molecule has 3 N–H and O–H groups in total. The SMILES string of the molecule is CC(N)n1c(=O)c2cc(O)ccc2n(C)c1=O. The minimum absolute atomic E-state index is 0.0236. The van der Waals surface area contributed by atoms with Gasteiger partial charge >= 0.3 is 5.69 Å². The van der Waals surface area contributed by atoms with Crippen LogP contribution >= 0.6 is 0 Å². The predicted octanol–water partition coefficient (Wildman–Crippen LogP) is -0.117. The van der Waals surface area contributed by atoms with E-state index in [9.17, 15) is 14.7 Å². The van der Waals surface area contributed by atoms with Gasteiger partial charge in [-0.25, -0.2) is 9.36 Å². The highest BCUT2D eigenvalue weighted by atomic mass is 16.3. The summed E-state index contributed by atoms with van der Waals surface area (Å²) in [5, 5.41) is 9.65. The number of rotatable bonds is 1. The van der Waals surface area contributed by atoms with Gasteiger partial charge in [0.15, 0.2) is 0 Å². The Labute approximate surface area is 96.5 Å². The van der Waals surface area contributed by atoms with Crippen molar-refractivity contribution in [3.8, 4) is 5.75 Å². The Morgan fingerprint density at radius 3 is 2.59 bits per heavy atom. The van der Waals surface area contributed by atoms with Crippen LogP contribution < -0.4 is 17.0 Å². The minimum Gasteiger partial charge on any atom is -0.508 e. The maximum absolute atomic E-state index is 12.1. The lowest BCUT2D eigenvalue weighted by atomic mass is 10.2. The lowest BCUT2D eigenvalue weighted by Crippen LogP contribution is -2.43. The van der Waals surface area contributed by atoms with Crippen molar-refractivity contribution in [1.29, 1.82) is 0 Å². The molecule has 0 aliphatic carbocycles. The van der Waals surface area contributed by atoms with Crippen LogP contribution in [0.3, 0.4) is 0 Å². The standard InChI is InChI=1S/C11H13N3O3/c1-6(12)14-10(16)8-5-7(15)3-4-9(8)13(2)11(14)17/h3-6,15H,12H2,1-2H3. The fourth-order valence-corrected chi connectivity index (χ4v) is 1.83. The van der Waals surface area contributed by atoms with Gasteiger partial charge in [0.1, 0.15) is 5.75 Å². The maximum atomic E-state index is 12.1. The molecule has 2 rings (SSSR count). The molecule has 6 nitrogen and oxygen atoms in total. The molecule has 17 heavy (non-hydrogen) atoms. The van der Waals surface area contributed by atoms with E-state index in [1.54, 1.807) is 14.0 Å². The molecule has 1 atom stereocenters. The Morgan fingerprint density at radius 1 is 1.35 bits per heavy atom. The van der Waals surface area contributed by atoms with Crippen LogP contribution in [0.15, 0.2) is 27.8 Å². The van der Waals surface area contributed by atoms with E-state index in [0.717, 1.165) is 4.57 Å². The molecule has 1 aromatic carbocycles. The highest BCUT2D eigenvalue weighted by molar-refractivity contribution is 5.79. The highest BCUT2D eigenvalue weighted by Crippen LogP contribution is 2.15. The fourth-order valence-electron chi connectivity index (χ4n) is 1.83. The van der Waals surface area contributed by atoms with Crippen LogP contribution in [0.5, 0.6) is 5.75 Å². The van der Waals surface area contributed by atoms with Crippen LogP contribution in [0.25, 0.3) is 10.9 Å². The number of hydrogen-bond donors (Lipinski definition) is 2. The third kappa shape index (κ3) is 1.62. The molecule has 0 fully saturated rings. The summed E-state index contributed by atoms with van der Waals surface area (Å²) in [4.78, 5) is 24.0. The summed E-state index contributed by atoms with van der Waals surface area (Å²) < 4.78 is 2.29. The molecule has 0 aliphatic rings. The first kappa shape index (κ1) is 11.4. The van der Waals surface area contributed by atoms with E-state index in [-0.39, 0.29) is 11.1 Å². The van der Waals surface area contributed by atoms with Crippen molar-refractivity contribution in [3.63, 3.8) is 0 Å². The maximum Gasteiger partial charge on any atom is 0.332 e. The molecule has 0 saturated heterocycles. The molecule has 6 heteroatoms. The molecule has 0 amide bonds. The van der Waals surface area contributed by atoms with E-state index in [1.165, 1.54) is 22.8 Å². The van der Waals surface area contributed by atoms with Gasteiger partial charge in [0.05, 0.1) is 17.1 Å². The summed E-state index contributed by atoms with van der Waals surface area (Å²) in [6, 6.07) is 4.28. The lowest BCUT2D eigenvalue weighted by Gasteiger charge is -2.13. The number of fused-ring (bicyclic) bond motifs is 1. The largest absolute Gasteiger partial charge is 0.508 e. The lowest BCUT2D eigenvalue weighted by molar-refractivity contribution is 0.475. The van der Waals surface area contributed by atoms with E-state index in [2.05, 4.69) is 0 Å². The van der Waals surface area contributed by atoms with Crippen molar-refractivity contribution in [1.82, 2.24) is 9.13 Å². The van der Waals surface area contributed by atoms with Crippen LogP contribution in [-0.2, 0) is 7.05 Å². The van der Waals surface area contributed by atoms with Gasteiger partial charge in [0.2, 0.25) is 0 Å². The van der Waals surface area contributed by atoms with Gasteiger partial charge in [0.25, 0.3) is 5.56 Å². The summed E-state index contributed by atoms with van der Waals surface area (Å²) in [6.45, 7) is 1.55. The Morgan fingerprint density at radius 2 is 2.00 bits per heavy atom. The molecule has 1 aromatic heterocycles. The number of phenolic OH excluding ortho intramolecular Hbond substituents is 1. The zero-order valence-electron chi connectivity index (χ0n) is 9.54. The first-order valence-electron chi connectivity index (χ1n) is 5.13. The number of aromatic hydroxyl groups is 1. The molecule has 0 aliphatic heterocycles. The number of aromatic nitrogens is 2. The molecule has 0 radical (unpaired) electrons. The van der Waals surface area contributed by atoms with E-state index >= 15 is 0 Å². The number of nitrogens with two attached hydrogens (primary N) is 1. The fraction of sp³-hybridized carbons (Fsp3) is 0.273. The normalized spacial score (nSPS) is 12.9. The van der Waals surface area contributed by atoms with Crippen LogP contribution in [-0.4, -0.2) is 14.2 Å². The Hall–Kier alpha value is -2.08. The Kier molecular flexibility index (Phi) is 2.51. The zero-order valence-corrected chi connectivity index (χ0v) is 9.54. The Bertz CT molecular complexity index is 697. The molecule has 90 valence electrons. The quantitative estimate of drug-likeness (QED) is 0.721. The monoisotopic (exact) mass is 235 g/mol. The van der Waals surface area contributed by atoms with Gasteiger partial charge in [-0.05, 0) is 25.1 Å². The molecule has 0 spiro atoms. The number of aryl methyl sites for hydroxylation is 1. The molecule has 0 bridgehead atoms. The van der Waals surface area contributed by atoms with E-state index in [0.29, 0.717) is 5.52 Å². The van der Waals surface area contributed by atoms with Gasteiger partial charge in [-0.1, -0.05) is 0 Å². The van der Waals surface area contributed by atoms with Gasteiger partial charge < -0.3 is 10.8 Å². The topological polar surface area (TPSA) is 90.2 Å². The third-order valence-corrected chi connectivity index (χ3v) is 2.69. The van der Waals surface area contributed by atoms with Gasteiger partial charge in [0, 0.05) is 7.05 Å². The van der Waals surface area contributed by atoms with Crippen molar-refractivity contribution in [3.05, 3.63) is 39.0 Å². The highest BCUT2D eigenvalue weighted by Gasteiger charge is 2.13. The van der Waals surface area contributed by atoms with E-state index in [4.69, 9.17) is 5.73 Å². The second-order valence-electron chi connectivity index (χ2n) is 3.96. The van der Waals surface area contributed by atoms with Gasteiger partial charge in [-0.3, -0.25) is 9.36 Å². The van der Waals surface area contributed by atoms with Crippen LogP contribution in [0, 0.1) is 0 Å². The molecule has 1 unspecified atom stereocenters. The van der Waals surface area contributed by atoms with Crippen molar-refractivity contribution >= 4 is 10.9 Å². The third-order valence-electron chi connectivity index (χ3n) is 2.69. The number of benzene rings is 1. The number of nitrogens with zero attached hydrogens (tertiary/aromatic N) is 2. The summed E-state index contributed by atoms with van der Waals surface area (Å²) in [5.41, 5.74) is 5.11. The second-order valence-corrected chi connectivity index (χ2v) is 3.96. The van der Waals surface area contributed by atoms with Crippen LogP contribution in [0.4, 0.5) is 0 Å². The Balaban J connectivity index is 3.07. The molecule has 0 saturated carbocycles. The molecular formula is C11H13N3O3. The summed E-state index contributed by atoms with van der Waals surface area (Å²) in [7, 11) is 1.56. The number of phenols is 1. The molecular weight excluding hydrogens is 222 g/mol. The van der Waals surface area contributed by atoms with Crippen molar-refractivity contribution < 1.29 is 5.11 Å². The van der Waals surface area contributed by atoms with Crippen molar-refractivity contribution in [2.24, 2.45) is 12.8 Å². The second kappa shape index (κ2) is 3.74. The van der Waals surface area contributed by atoms with Crippen molar-refractivity contribution in [2.75, 3.05) is 0 Å². The minimum atomic E-state index is -0.715. The smallest absolute Gasteiger partial charge is 0.332 e. The molecule has 2 aromatic rings. The van der Waals surface area contributed by atoms with Crippen molar-refractivity contribution in [2.45, 2.75) is 13.1 Å². The van der Waals surface area contributed by atoms with E-state index in [1.807, 2.05) is 0 Å². The van der Waals surface area contributed by atoms with Gasteiger partial charge in [-0.15, -0.1) is 0 Å². The zero-order chi connectivity index (χ0) is 12.7. The summed E-state index contributed by atoms with van der Waals surface area (Å²) >= 11 is 0. The van der Waals surface area contributed by atoms with E-state index < -0.39 is 17.4 Å². The van der Waals surface area contributed by atoms with Crippen LogP contribution in [0.2, 0.25) is 0 Å².